The van der Waals surface area contributed by atoms with Crippen LogP contribution in [0.4, 0.5) is 0 Å². The summed E-state index contributed by atoms with van der Waals surface area (Å²) < 4.78 is 0. The molecule has 0 saturated heterocycles. The molecule has 92 valence electrons. The van der Waals surface area contributed by atoms with E-state index in [2.05, 4.69) is 9.97 Å². The fourth-order valence-corrected chi connectivity index (χ4v) is 2.19. The lowest BCUT2D eigenvalue weighted by Crippen LogP contribution is -1.90. The SMILES string of the molecule is Clc1cccc(-c2ncccc2-c2ccccn2)c1. The van der Waals surface area contributed by atoms with Crippen LogP contribution >= 0.6 is 11.6 Å². The van der Waals surface area contributed by atoms with Crippen LogP contribution in [0.3, 0.4) is 0 Å². The van der Waals surface area contributed by atoms with E-state index >= 15 is 0 Å². The summed E-state index contributed by atoms with van der Waals surface area (Å²) in [6.45, 7) is 0. The minimum atomic E-state index is 0.704. The molecule has 2 heterocycles. The van der Waals surface area contributed by atoms with Crippen molar-refractivity contribution in [2.24, 2.45) is 0 Å². The molecule has 0 aliphatic heterocycles. The zero-order valence-electron chi connectivity index (χ0n) is 10.1. The van der Waals surface area contributed by atoms with Crippen molar-refractivity contribution >= 4 is 11.6 Å². The van der Waals surface area contributed by atoms with E-state index in [1.54, 1.807) is 12.4 Å². The first kappa shape index (κ1) is 11.9. The molecule has 19 heavy (non-hydrogen) atoms. The summed E-state index contributed by atoms with van der Waals surface area (Å²) in [6, 6.07) is 17.5. The third kappa shape index (κ3) is 2.49. The van der Waals surface area contributed by atoms with E-state index in [0.717, 1.165) is 22.5 Å². The largest absolute Gasteiger partial charge is 0.256 e. The molecular weight excluding hydrogens is 256 g/mol. The second-order valence-electron chi connectivity index (χ2n) is 4.12. The summed E-state index contributed by atoms with van der Waals surface area (Å²) in [5.41, 5.74) is 3.80. The lowest BCUT2D eigenvalue weighted by molar-refractivity contribution is 1.28. The van der Waals surface area contributed by atoms with E-state index in [9.17, 15) is 0 Å². The first-order valence-electron chi connectivity index (χ1n) is 5.97. The molecule has 1 aromatic carbocycles. The van der Waals surface area contributed by atoms with Gasteiger partial charge in [-0.15, -0.1) is 0 Å². The number of hydrogen-bond donors (Lipinski definition) is 0. The number of nitrogens with zero attached hydrogens (tertiary/aromatic N) is 2. The van der Waals surface area contributed by atoms with Crippen molar-refractivity contribution in [3.8, 4) is 22.5 Å². The van der Waals surface area contributed by atoms with E-state index < -0.39 is 0 Å². The maximum Gasteiger partial charge on any atom is 0.0796 e. The highest BCUT2D eigenvalue weighted by atomic mass is 35.5. The van der Waals surface area contributed by atoms with E-state index in [0.29, 0.717) is 5.02 Å². The molecule has 0 spiro atoms. The summed E-state index contributed by atoms with van der Waals surface area (Å²) in [6.07, 6.45) is 3.56. The lowest BCUT2D eigenvalue weighted by Gasteiger charge is -2.08. The third-order valence-corrected chi connectivity index (χ3v) is 3.08. The Labute approximate surface area is 116 Å². The Bertz CT molecular complexity index is 696. The number of pyridine rings is 2. The molecule has 2 nitrogen and oxygen atoms in total. The fraction of sp³-hybridized carbons (Fsp3) is 0. The smallest absolute Gasteiger partial charge is 0.0796 e. The van der Waals surface area contributed by atoms with Crippen LogP contribution in [0.2, 0.25) is 5.02 Å². The zero-order valence-corrected chi connectivity index (χ0v) is 10.9. The molecule has 2 aromatic heterocycles. The molecule has 0 N–H and O–H groups in total. The summed E-state index contributed by atoms with van der Waals surface area (Å²) in [7, 11) is 0. The van der Waals surface area contributed by atoms with Crippen molar-refractivity contribution in [1.29, 1.82) is 0 Å². The average molecular weight is 267 g/mol. The number of aromatic nitrogens is 2. The van der Waals surface area contributed by atoms with Crippen LogP contribution in [0.1, 0.15) is 0 Å². The van der Waals surface area contributed by atoms with Gasteiger partial charge in [-0.1, -0.05) is 29.8 Å². The summed E-state index contributed by atoms with van der Waals surface area (Å²) >= 11 is 6.05. The molecule has 0 saturated carbocycles. The maximum absolute atomic E-state index is 6.05. The van der Waals surface area contributed by atoms with Crippen molar-refractivity contribution in [2.45, 2.75) is 0 Å². The Morgan fingerprint density at radius 3 is 2.47 bits per heavy atom. The molecule has 0 radical (unpaired) electrons. The van der Waals surface area contributed by atoms with Crippen molar-refractivity contribution < 1.29 is 0 Å². The normalized spacial score (nSPS) is 10.4. The third-order valence-electron chi connectivity index (χ3n) is 2.85. The molecule has 3 rings (SSSR count). The Hall–Kier alpha value is -2.19. The first-order valence-corrected chi connectivity index (χ1v) is 6.35. The topological polar surface area (TPSA) is 25.8 Å². The Morgan fingerprint density at radius 2 is 1.68 bits per heavy atom. The highest BCUT2D eigenvalue weighted by Gasteiger charge is 2.09. The van der Waals surface area contributed by atoms with Gasteiger partial charge in [0.1, 0.15) is 0 Å². The second-order valence-corrected chi connectivity index (χ2v) is 4.56. The van der Waals surface area contributed by atoms with E-state index in [1.807, 2.05) is 54.6 Å². The van der Waals surface area contributed by atoms with Gasteiger partial charge in [0.05, 0.1) is 11.4 Å². The van der Waals surface area contributed by atoms with Gasteiger partial charge >= 0.3 is 0 Å². The van der Waals surface area contributed by atoms with Crippen LogP contribution in [0.5, 0.6) is 0 Å². The minimum absolute atomic E-state index is 0.704. The monoisotopic (exact) mass is 266 g/mol. The van der Waals surface area contributed by atoms with Crippen LogP contribution in [0.25, 0.3) is 22.5 Å². The molecule has 0 fully saturated rings. The summed E-state index contributed by atoms with van der Waals surface area (Å²) in [5, 5.41) is 0.704. The maximum atomic E-state index is 6.05. The molecule has 3 heteroatoms. The van der Waals surface area contributed by atoms with E-state index in [-0.39, 0.29) is 0 Å². The highest BCUT2D eigenvalue weighted by Crippen LogP contribution is 2.29. The van der Waals surface area contributed by atoms with Gasteiger partial charge < -0.3 is 0 Å². The predicted molar refractivity (Wildman–Crippen MR) is 77.9 cm³/mol. The number of rotatable bonds is 2. The van der Waals surface area contributed by atoms with Crippen LogP contribution in [-0.2, 0) is 0 Å². The van der Waals surface area contributed by atoms with Gasteiger partial charge in [-0.25, -0.2) is 0 Å². The molecule has 0 aliphatic rings. The molecular formula is C16H11ClN2. The quantitative estimate of drug-likeness (QED) is 0.684. The van der Waals surface area contributed by atoms with E-state index in [1.165, 1.54) is 0 Å². The van der Waals surface area contributed by atoms with Gasteiger partial charge in [0.2, 0.25) is 0 Å². The lowest BCUT2D eigenvalue weighted by atomic mass is 10.0. The van der Waals surface area contributed by atoms with E-state index in [4.69, 9.17) is 11.6 Å². The number of hydrogen-bond acceptors (Lipinski definition) is 2. The predicted octanol–water partition coefficient (Wildman–Crippen LogP) is 4.46. The molecule has 0 atom stereocenters. The highest BCUT2D eigenvalue weighted by molar-refractivity contribution is 6.30. The standard InChI is InChI=1S/C16H11ClN2/c17-13-6-3-5-12(11-13)16-14(7-4-10-19-16)15-8-1-2-9-18-15/h1-11H. The minimum Gasteiger partial charge on any atom is -0.256 e. The van der Waals surface area contributed by atoms with Gasteiger partial charge in [0.25, 0.3) is 0 Å². The fourth-order valence-electron chi connectivity index (χ4n) is 2.00. The molecule has 0 bridgehead atoms. The van der Waals surface area contributed by atoms with Crippen molar-refractivity contribution in [1.82, 2.24) is 9.97 Å². The van der Waals surface area contributed by atoms with Crippen LogP contribution in [-0.4, -0.2) is 9.97 Å². The summed E-state index contributed by atoms with van der Waals surface area (Å²) in [5.74, 6) is 0. The van der Waals surface area contributed by atoms with Gasteiger partial charge in [0, 0.05) is 28.5 Å². The first-order chi connectivity index (χ1) is 9.34. The molecule has 3 aromatic rings. The van der Waals surface area contributed by atoms with Crippen molar-refractivity contribution in [3.05, 3.63) is 72.0 Å². The molecule has 0 unspecified atom stereocenters. The van der Waals surface area contributed by atoms with Gasteiger partial charge in [-0.2, -0.15) is 0 Å². The number of halogens is 1. The van der Waals surface area contributed by atoms with Crippen LogP contribution < -0.4 is 0 Å². The summed E-state index contributed by atoms with van der Waals surface area (Å²) in [4.78, 5) is 8.85. The Morgan fingerprint density at radius 1 is 0.789 bits per heavy atom. The van der Waals surface area contributed by atoms with Crippen molar-refractivity contribution in [3.63, 3.8) is 0 Å². The molecule has 0 aliphatic carbocycles. The zero-order chi connectivity index (χ0) is 13.1. The van der Waals surface area contributed by atoms with Gasteiger partial charge in [0.15, 0.2) is 0 Å². The van der Waals surface area contributed by atoms with Crippen LogP contribution in [0.15, 0.2) is 67.0 Å². The van der Waals surface area contributed by atoms with Gasteiger partial charge in [-0.3, -0.25) is 9.97 Å². The van der Waals surface area contributed by atoms with Crippen LogP contribution in [0, 0.1) is 0 Å². The Balaban J connectivity index is 2.18. The number of benzene rings is 1. The second kappa shape index (κ2) is 5.21. The van der Waals surface area contributed by atoms with Crippen molar-refractivity contribution in [2.75, 3.05) is 0 Å². The average Bonchev–Trinajstić information content (AvgIpc) is 2.48. The molecule has 0 amide bonds. The Kier molecular flexibility index (Phi) is 3.25. The van der Waals surface area contributed by atoms with Gasteiger partial charge in [-0.05, 0) is 36.4 Å².